The highest BCUT2D eigenvalue weighted by atomic mass is 31.2. The first kappa shape index (κ1) is 46.9. The second kappa shape index (κ2) is 31.8. The topological polar surface area (TPSA) is 171 Å². The molecule has 0 fully saturated rings. The molecule has 2 amide bonds. The van der Waals surface area contributed by atoms with Gasteiger partial charge >= 0.3 is 0 Å². The first-order valence-electron chi connectivity index (χ1n) is 18.4. The van der Waals surface area contributed by atoms with Crippen LogP contribution in [-0.2, 0) is 37.4 Å². The standard InChI is InChI=1S/C34H71N4O9P/c1-5-6-7-8-9-12-15-18-24-43-28-32(29-47-48(41,42)46-27-23-38(2,3)4)37-34(40)31-45-26-20-17-14-11-10-13-16-19-25-44-30-33(39)36-22-21-35/h32H,5-31,35H2,1-4H3,(H2-,36,37,39,40,41,42). The summed E-state index contributed by atoms with van der Waals surface area (Å²) >= 11 is 0. The number of nitrogens with two attached hydrogens (primary N) is 1. The van der Waals surface area contributed by atoms with Gasteiger partial charge in [-0.2, -0.15) is 0 Å². The molecule has 0 aliphatic carbocycles. The van der Waals surface area contributed by atoms with E-state index < -0.39 is 13.9 Å². The van der Waals surface area contributed by atoms with Gasteiger partial charge in [-0.25, -0.2) is 0 Å². The average Bonchev–Trinajstić information content (AvgIpc) is 3.02. The monoisotopic (exact) mass is 710 g/mol. The quantitative estimate of drug-likeness (QED) is 0.0490. The van der Waals surface area contributed by atoms with Crippen LogP contribution in [0.2, 0.25) is 0 Å². The highest BCUT2D eigenvalue weighted by Crippen LogP contribution is 2.38. The fourth-order valence-corrected chi connectivity index (χ4v) is 5.41. The summed E-state index contributed by atoms with van der Waals surface area (Å²) in [6, 6.07) is -0.646. The van der Waals surface area contributed by atoms with E-state index in [4.69, 9.17) is 29.0 Å². The molecule has 2 unspecified atom stereocenters. The van der Waals surface area contributed by atoms with Crippen molar-refractivity contribution in [1.29, 1.82) is 0 Å². The molecule has 4 N–H and O–H groups in total. The van der Waals surface area contributed by atoms with Gasteiger partial charge in [0.25, 0.3) is 7.82 Å². The molecule has 0 aromatic rings. The lowest BCUT2D eigenvalue weighted by molar-refractivity contribution is -0.870. The predicted molar refractivity (Wildman–Crippen MR) is 188 cm³/mol. The van der Waals surface area contributed by atoms with Crippen molar-refractivity contribution in [1.82, 2.24) is 10.6 Å². The Labute approximate surface area is 291 Å². The highest BCUT2D eigenvalue weighted by Gasteiger charge is 2.19. The minimum Gasteiger partial charge on any atom is -0.756 e. The van der Waals surface area contributed by atoms with E-state index in [1.54, 1.807) is 0 Å². The number of hydrogen-bond donors (Lipinski definition) is 3. The van der Waals surface area contributed by atoms with Crippen molar-refractivity contribution in [2.24, 2.45) is 5.73 Å². The van der Waals surface area contributed by atoms with Gasteiger partial charge in [0, 0.05) is 32.9 Å². The number of ether oxygens (including phenoxy) is 3. The number of quaternary nitrogens is 1. The van der Waals surface area contributed by atoms with Crippen molar-refractivity contribution in [3.8, 4) is 0 Å². The molecule has 0 saturated carbocycles. The predicted octanol–water partition coefficient (Wildman–Crippen LogP) is 4.07. The number of rotatable bonds is 36. The lowest BCUT2D eigenvalue weighted by atomic mass is 10.1. The van der Waals surface area contributed by atoms with Crippen LogP contribution in [0.25, 0.3) is 0 Å². The second-order valence-electron chi connectivity index (χ2n) is 13.5. The Hall–Kier alpha value is -1.15. The molecule has 0 rings (SSSR count). The number of amides is 2. The van der Waals surface area contributed by atoms with E-state index in [9.17, 15) is 19.0 Å². The van der Waals surface area contributed by atoms with Crippen molar-refractivity contribution in [2.45, 2.75) is 116 Å². The number of nitrogens with zero attached hydrogens (tertiary/aromatic N) is 1. The van der Waals surface area contributed by atoms with Gasteiger partial charge in [0.2, 0.25) is 11.8 Å². The Morgan fingerprint density at radius 3 is 1.67 bits per heavy atom. The van der Waals surface area contributed by atoms with E-state index in [0.717, 1.165) is 64.2 Å². The maximum Gasteiger partial charge on any atom is 0.268 e. The van der Waals surface area contributed by atoms with Crippen molar-refractivity contribution in [3.05, 3.63) is 0 Å². The Morgan fingerprint density at radius 2 is 1.17 bits per heavy atom. The molecule has 0 bridgehead atoms. The molecule has 0 aromatic heterocycles. The first-order valence-corrected chi connectivity index (χ1v) is 19.8. The van der Waals surface area contributed by atoms with E-state index in [1.165, 1.54) is 38.5 Å². The minimum atomic E-state index is -4.52. The molecule has 0 radical (unpaired) electrons. The van der Waals surface area contributed by atoms with Crippen LogP contribution in [-0.4, -0.2) is 116 Å². The summed E-state index contributed by atoms with van der Waals surface area (Å²) in [4.78, 5) is 36.3. The Kier molecular flexibility index (Phi) is 31.0. The summed E-state index contributed by atoms with van der Waals surface area (Å²) < 4.78 is 39.7. The van der Waals surface area contributed by atoms with Gasteiger partial charge in [-0.15, -0.1) is 0 Å². The van der Waals surface area contributed by atoms with Crippen LogP contribution in [0.3, 0.4) is 0 Å². The van der Waals surface area contributed by atoms with Crippen LogP contribution in [0.15, 0.2) is 0 Å². The van der Waals surface area contributed by atoms with Crippen LogP contribution < -0.4 is 21.3 Å². The van der Waals surface area contributed by atoms with Crippen LogP contribution in [0, 0.1) is 0 Å². The van der Waals surface area contributed by atoms with Crippen molar-refractivity contribution < 1.29 is 46.8 Å². The summed E-state index contributed by atoms with van der Waals surface area (Å²) in [6.45, 7) is 5.08. The molecule has 0 saturated heterocycles. The van der Waals surface area contributed by atoms with Gasteiger partial charge in [-0.05, 0) is 19.3 Å². The number of unbranched alkanes of at least 4 members (excludes halogenated alkanes) is 14. The molecular formula is C34H71N4O9P. The largest absolute Gasteiger partial charge is 0.756 e. The molecular weight excluding hydrogens is 639 g/mol. The lowest BCUT2D eigenvalue weighted by Gasteiger charge is -2.28. The van der Waals surface area contributed by atoms with Crippen LogP contribution in [0.1, 0.15) is 110 Å². The third-order valence-electron chi connectivity index (χ3n) is 7.53. The van der Waals surface area contributed by atoms with Gasteiger partial charge in [-0.1, -0.05) is 90.4 Å². The average molecular weight is 711 g/mol. The fourth-order valence-electron chi connectivity index (χ4n) is 4.67. The highest BCUT2D eigenvalue weighted by molar-refractivity contribution is 7.45. The fraction of sp³-hybridized carbons (Fsp3) is 0.941. The smallest absolute Gasteiger partial charge is 0.268 e. The summed E-state index contributed by atoms with van der Waals surface area (Å²) in [6.07, 6.45) is 18.0. The molecule has 0 aromatic carbocycles. The number of hydrogen-bond acceptors (Lipinski definition) is 10. The molecule has 0 aliphatic rings. The molecule has 48 heavy (non-hydrogen) atoms. The zero-order valence-electron chi connectivity index (χ0n) is 30.8. The number of phosphoric acid groups is 1. The summed E-state index contributed by atoms with van der Waals surface area (Å²) in [5, 5.41) is 5.47. The second-order valence-corrected chi connectivity index (χ2v) is 14.9. The molecule has 0 spiro atoms. The van der Waals surface area contributed by atoms with Crippen molar-refractivity contribution in [2.75, 3.05) is 93.6 Å². The lowest BCUT2D eigenvalue weighted by Crippen LogP contribution is -2.43. The third kappa shape index (κ3) is 34.7. The maximum absolute atomic E-state index is 12.6. The van der Waals surface area contributed by atoms with E-state index in [0.29, 0.717) is 43.9 Å². The van der Waals surface area contributed by atoms with Gasteiger partial charge < -0.3 is 49.0 Å². The van der Waals surface area contributed by atoms with E-state index >= 15 is 0 Å². The van der Waals surface area contributed by atoms with Gasteiger partial charge in [0.1, 0.15) is 26.4 Å². The van der Waals surface area contributed by atoms with Crippen LogP contribution >= 0.6 is 7.82 Å². The molecule has 0 heterocycles. The van der Waals surface area contributed by atoms with Crippen LogP contribution in [0.4, 0.5) is 0 Å². The number of nitrogens with one attached hydrogen (secondary N) is 2. The van der Waals surface area contributed by atoms with E-state index in [-0.39, 0.29) is 44.8 Å². The Bertz CT molecular complexity index is 818. The molecule has 14 heteroatoms. The maximum atomic E-state index is 12.6. The third-order valence-corrected chi connectivity index (χ3v) is 8.50. The van der Waals surface area contributed by atoms with E-state index in [2.05, 4.69) is 17.6 Å². The van der Waals surface area contributed by atoms with Crippen molar-refractivity contribution >= 4 is 19.6 Å². The normalized spacial score (nSPS) is 13.7. The minimum absolute atomic E-state index is 0.0123. The van der Waals surface area contributed by atoms with Gasteiger partial charge in [0.05, 0.1) is 40.4 Å². The molecule has 286 valence electrons. The van der Waals surface area contributed by atoms with Crippen LogP contribution in [0.5, 0.6) is 0 Å². The number of carbonyl (C=O) groups is 2. The van der Waals surface area contributed by atoms with Gasteiger partial charge in [-0.3, -0.25) is 14.2 Å². The summed E-state index contributed by atoms with van der Waals surface area (Å²) in [5.41, 5.74) is 5.35. The molecule has 2 atom stereocenters. The zero-order chi connectivity index (χ0) is 35.8. The molecule has 0 aliphatic heterocycles. The number of phosphoric ester groups is 1. The SMILES string of the molecule is CCCCCCCCCCOCC(COP(=O)([O-])OCC[N+](C)(C)C)NC(=O)COCCCCCCCCCCOCC(=O)NCCN. The van der Waals surface area contributed by atoms with Gasteiger partial charge in [0.15, 0.2) is 0 Å². The molecule has 13 nitrogen and oxygen atoms in total. The zero-order valence-corrected chi connectivity index (χ0v) is 31.7. The van der Waals surface area contributed by atoms with E-state index in [1.807, 2.05) is 21.1 Å². The summed E-state index contributed by atoms with van der Waals surface area (Å²) in [5.74, 6) is -0.468. The first-order chi connectivity index (χ1) is 23.0. The Morgan fingerprint density at radius 1 is 0.688 bits per heavy atom. The van der Waals surface area contributed by atoms with Crippen molar-refractivity contribution in [3.63, 3.8) is 0 Å². The summed E-state index contributed by atoms with van der Waals surface area (Å²) in [7, 11) is 1.31. The number of likely N-dealkylation sites (N-methyl/N-ethyl adjacent to an activating group) is 1. The Balaban J connectivity index is 4.18. The number of carbonyl (C=O) groups excluding carboxylic acids is 2.